The molecule has 1 aromatic carbocycles. The van der Waals surface area contributed by atoms with Gasteiger partial charge in [-0.15, -0.1) is 0 Å². The van der Waals surface area contributed by atoms with E-state index in [1.54, 1.807) is 0 Å². The second kappa shape index (κ2) is 5.50. The minimum Gasteiger partial charge on any atom is -0.506 e. The number of piperidine rings is 1. The number of nitrogens with two attached hydrogens (primary N) is 1. The summed E-state index contributed by atoms with van der Waals surface area (Å²) in [7, 11) is 0. The fourth-order valence-corrected chi connectivity index (χ4v) is 4.50. The van der Waals surface area contributed by atoms with Gasteiger partial charge >= 0.3 is 5.97 Å². The third-order valence-corrected chi connectivity index (χ3v) is 6.09. The van der Waals surface area contributed by atoms with Crippen LogP contribution in [-0.4, -0.2) is 46.8 Å². The zero-order valence-electron chi connectivity index (χ0n) is 14.5. The molecule has 0 radical (unpaired) electrons. The molecular weight excluding hydrogens is 348 g/mol. The number of carboxylic acids is 1. The Bertz CT molecular complexity index is 1020. The number of carboxylic acid groups (broad SMARTS) is 1. The third-order valence-electron chi connectivity index (χ3n) is 6.09. The van der Waals surface area contributed by atoms with Crippen molar-refractivity contribution in [1.82, 2.24) is 4.98 Å². The van der Waals surface area contributed by atoms with Crippen LogP contribution in [0.1, 0.15) is 15.9 Å². The van der Waals surface area contributed by atoms with E-state index in [0.29, 0.717) is 42.1 Å². The van der Waals surface area contributed by atoms with Gasteiger partial charge in [-0.05, 0) is 36.5 Å². The number of nitrogens with one attached hydrogen (secondary N) is 2. The number of H-pyrrole nitrogens is 1. The standard InChI is InChI=1S/C19H20N4O4/c20-15-11-6-23(7-12(11)15)8-1-2-9-13(5-8)21-4-3-10-16(9)22-18(25)14(17(10)24)19(26)27/h1-2,5,11-12,15,21H,3-4,6-7,20H2,(H,26,27)(H2,22,24,25). The number of aromatic hydroxyl groups is 1. The number of hydrogen-bond donors (Lipinski definition) is 5. The molecular formula is C19H20N4O4. The van der Waals surface area contributed by atoms with Crippen LogP contribution < -0.4 is 21.5 Å². The normalized spacial score (nSPS) is 25.1. The maximum atomic E-state index is 12.2. The van der Waals surface area contributed by atoms with E-state index < -0.39 is 22.8 Å². The Balaban J connectivity index is 1.57. The summed E-state index contributed by atoms with van der Waals surface area (Å²) in [4.78, 5) is 28.5. The van der Waals surface area contributed by atoms with Crippen molar-refractivity contribution in [2.45, 2.75) is 12.5 Å². The van der Waals surface area contributed by atoms with Crippen LogP contribution in [0.4, 0.5) is 11.4 Å². The van der Waals surface area contributed by atoms with Gasteiger partial charge in [-0.3, -0.25) is 4.79 Å². The lowest BCUT2D eigenvalue weighted by Gasteiger charge is -2.23. The van der Waals surface area contributed by atoms with E-state index in [1.807, 2.05) is 18.2 Å². The number of aromatic nitrogens is 1. The Morgan fingerprint density at radius 3 is 2.70 bits per heavy atom. The van der Waals surface area contributed by atoms with E-state index in [9.17, 15) is 19.8 Å². The van der Waals surface area contributed by atoms with Gasteiger partial charge in [0.15, 0.2) is 5.56 Å². The molecule has 2 aromatic rings. The number of rotatable bonds is 2. The van der Waals surface area contributed by atoms with Crippen molar-refractivity contribution in [1.29, 1.82) is 0 Å². The molecule has 5 rings (SSSR count). The molecule has 2 fully saturated rings. The van der Waals surface area contributed by atoms with Crippen LogP contribution in [0.15, 0.2) is 23.0 Å². The molecule has 8 nitrogen and oxygen atoms in total. The summed E-state index contributed by atoms with van der Waals surface area (Å²) < 4.78 is 0. The third kappa shape index (κ3) is 2.33. The fourth-order valence-electron chi connectivity index (χ4n) is 4.50. The van der Waals surface area contributed by atoms with E-state index in [4.69, 9.17) is 5.73 Å². The number of aromatic amines is 1. The fraction of sp³-hybridized carbons (Fsp3) is 0.368. The van der Waals surface area contributed by atoms with Crippen molar-refractivity contribution in [3.05, 3.63) is 39.7 Å². The number of fused-ring (bicyclic) bond motifs is 4. The van der Waals surface area contributed by atoms with E-state index in [2.05, 4.69) is 15.2 Å². The lowest BCUT2D eigenvalue weighted by molar-refractivity contribution is 0.0691. The summed E-state index contributed by atoms with van der Waals surface area (Å²) in [6.45, 7) is 2.44. The summed E-state index contributed by atoms with van der Waals surface area (Å²) in [5.74, 6) is -0.718. The predicted molar refractivity (Wildman–Crippen MR) is 100 cm³/mol. The smallest absolute Gasteiger partial charge is 0.345 e. The highest BCUT2D eigenvalue weighted by atomic mass is 16.4. The number of benzene rings is 1. The van der Waals surface area contributed by atoms with E-state index in [-0.39, 0.29) is 0 Å². The van der Waals surface area contributed by atoms with Gasteiger partial charge in [0.25, 0.3) is 5.56 Å². The Hall–Kier alpha value is -3.00. The average Bonchev–Trinajstić information content (AvgIpc) is 3.06. The van der Waals surface area contributed by atoms with E-state index in [0.717, 1.165) is 30.0 Å². The highest BCUT2D eigenvalue weighted by Crippen LogP contribution is 2.46. The van der Waals surface area contributed by atoms with Crippen LogP contribution in [-0.2, 0) is 6.42 Å². The second-order valence-corrected chi connectivity index (χ2v) is 7.55. The van der Waals surface area contributed by atoms with Gasteiger partial charge in [0.2, 0.25) is 0 Å². The Morgan fingerprint density at radius 1 is 1.26 bits per heavy atom. The van der Waals surface area contributed by atoms with Crippen LogP contribution in [0.3, 0.4) is 0 Å². The van der Waals surface area contributed by atoms with Crippen molar-refractivity contribution in [3.8, 4) is 17.0 Å². The number of nitrogens with zero attached hydrogens (tertiary/aromatic N) is 1. The molecule has 8 heteroatoms. The number of aromatic carboxylic acids is 1. The van der Waals surface area contributed by atoms with Crippen LogP contribution >= 0.6 is 0 Å². The first-order chi connectivity index (χ1) is 13.0. The molecule has 1 aromatic heterocycles. The molecule has 2 unspecified atom stereocenters. The van der Waals surface area contributed by atoms with Crippen molar-refractivity contribution >= 4 is 17.3 Å². The maximum Gasteiger partial charge on any atom is 0.345 e. The summed E-state index contributed by atoms with van der Waals surface area (Å²) in [6, 6.07) is 6.28. The summed E-state index contributed by atoms with van der Waals surface area (Å²) in [5, 5.41) is 22.9. The number of anilines is 2. The number of carbonyl (C=O) groups is 1. The molecule has 6 N–H and O–H groups in total. The van der Waals surface area contributed by atoms with Gasteiger partial charge in [0.05, 0.1) is 5.69 Å². The molecule has 0 spiro atoms. The van der Waals surface area contributed by atoms with Gasteiger partial charge in [0, 0.05) is 48.2 Å². The molecule has 2 aliphatic heterocycles. The second-order valence-electron chi connectivity index (χ2n) is 7.55. The number of hydrogen-bond acceptors (Lipinski definition) is 6. The topological polar surface area (TPSA) is 132 Å². The summed E-state index contributed by atoms with van der Waals surface area (Å²) in [6.07, 6.45) is 0.408. The first-order valence-corrected chi connectivity index (χ1v) is 9.06. The van der Waals surface area contributed by atoms with Gasteiger partial charge in [-0.2, -0.15) is 0 Å². The van der Waals surface area contributed by atoms with Crippen LogP contribution in [0.2, 0.25) is 0 Å². The molecule has 1 aliphatic carbocycles. The molecule has 27 heavy (non-hydrogen) atoms. The molecule has 0 bridgehead atoms. The van der Waals surface area contributed by atoms with Gasteiger partial charge in [-0.1, -0.05) is 0 Å². The molecule has 1 saturated carbocycles. The van der Waals surface area contributed by atoms with Crippen LogP contribution in [0, 0.1) is 11.8 Å². The molecule has 3 heterocycles. The number of pyridine rings is 1. The lowest BCUT2D eigenvalue weighted by Crippen LogP contribution is -2.27. The van der Waals surface area contributed by atoms with Crippen LogP contribution in [0.25, 0.3) is 11.3 Å². The van der Waals surface area contributed by atoms with E-state index in [1.165, 1.54) is 0 Å². The highest BCUT2D eigenvalue weighted by molar-refractivity contribution is 5.93. The molecule has 3 aliphatic rings. The molecule has 2 atom stereocenters. The Kier molecular flexibility index (Phi) is 3.30. The maximum absolute atomic E-state index is 12.2. The predicted octanol–water partition coefficient (Wildman–Crippen LogP) is 0.807. The summed E-state index contributed by atoms with van der Waals surface area (Å²) in [5.41, 5.74) is 8.22. The van der Waals surface area contributed by atoms with E-state index >= 15 is 0 Å². The average molecular weight is 368 g/mol. The Morgan fingerprint density at radius 2 is 2.00 bits per heavy atom. The van der Waals surface area contributed by atoms with Crippen LogP contribution in [0.5, 0.6) is 5.75 Å². The highest BCUT2D eigenvalue weighted by Gasteiger charge is 2.53. The van der Waals surface area contributed by atoms with Crippen molar-refractivity contribution in [2.75, 3.05) is 29.9 Å². The van der Waals surface area contributed by atoms with Gasteiger partial charge < -0.3 is 31.1 Å². The lowest BCUT2D eigenvalue weighted by atomic mass is 10.00. The Labute approximate surface area is 154 Å². The molecule has 140 valence electrons. The van der Waals surface area contributed by atoms with Gasteiger partial charge in [-0.25, -0.2) is 4.79 Å². The monoisotopic (exact) mass is 368 g/mol. The quantitative estimate of drug-likeness (QED) is 0.530. The largest absolute Gasteiger partial charge is 0.506 e. The van der Waals surface area contributed by atoms with Gasteiger partial charge in [0.1, 0.15) is 5.75 Å². The zero-order chi connectivity index (χ0) is 18.9. The zero-order valence-corrected chi connectivity index (χ0v) is 14.5. The van der Waals surface area contributed by atoms with Crippen molar-refractivity contribution in [2.24, 2.45) is 17.6 Å². The molecule has 1 saturated heterocycles. The molecule has 0 amide bonds. The first-order valence-electron chi connectivity index (χ1n) is 9.06. The SMILES string of the molecule is NC1C2CN(c3ccc4c(c3)NCCc3c-4[nH]c(=O)c(C(=O)O)c3O)CC12. The van der Waals surface area contributed by atoms with Crippen molar-refractivity contribution in [3.63, 3.8) is 0 Å². The van der Waals surface area contributed by atoms with Crippen molar-refractivity contribution < 1.29 is 15.0 Å². The first kappa shape index (κ1) is 16.2. The minimum absolute atomic E-state index is 0.337. The summed E-state index contributed by atoms with van der Waals surface area (Å²) >= 11 is 0. The minimum atomic E-state index is -1.44.